The van der Waals surface area contributed by atoms with Crippen molar-refractivity contribution in [2.75, 3.05) is 18.4 Å². The summed E-state index contributed by atoms with van der Waals surface area (Å²) >= 11 is 1.51. The van der Waals surface area contributed by atoms with E-state index in [0.717, 1.165) is 35.6 Å². The Morgan fingerprint density at radius 1 is 1.00 bits per heavy atom. The molecule has 4 saturated carbocycles. The first-order valence-electron chi connectivity index (χ1n) is 12.6. The van der Waals surface area contributed by atoms with Crippen LogP contribution >= 0.6 is 11.3 Å². The van der Waals surface area contributed by atoms with Crippen LogP contribution in [0.25, 0.3) is 0 Å². The molecule has 1 heterocycles. The molecule has 7 nitrogen and oxygen atoms in total. The summed E-state index contributed by atoms with van der Waals surface area (Å²) in [5.41, 5.74) is 0.567. The highest BCUT2D eigenvalue weighted by molar-refractivity contribution is 7.89. The SMILES string of the molecule is CCCN(CCC)S(=O)(=O)c1ccc(C(=O)Nc2nnc(C34CC5CC(CC(C5)C3)C4)s2)cc1. The molecule has 34 heavy (non-hydrogen) atoms. The Hall–Kier alpha value is -1.84. The standard InChI is InChI=1S/C25H34N4O3S2/c1-3-9-29(10-4-2)34(31,32)21-7-5-20(6-8-21)22(30)26-24-28-27-23(33-24)25-14-17-11-18(15-25)13-19(12-17)16-25/h5-8,17-19H,3-4,9-16H2,1-2H3,(H,26,28,30). The molecule has 1 aromatic heterocycles. The maximum Gasteiger partial charge on any atom is 0.257 e. The van der Waals surface area contributed by atoms with Crippen LogP contribution < -0.4 is 5.32 Å². The number of anilines is 1. The fourth-order valence-electron chi connectivity index (χ4n) is 6.81. The van der Waals surface area contributed by atoms with Crippen molar-refractivity contribution in [2.45, 2.75) is 75.5 Å². The first kappa shape index (κ1) is 23.9. The molecule has 6 rings (SSSR count). The molecule has 0 unspecified atom stereocenters. The number of amides is 1. The number of aromatic nitrogens is 2. The number of sulfonamides is 1. The van der Waals surface area contributed by atoms with E-state index in [-0.39, 0.29) is 16.2 Å². The van der Waals surface area contributed by atoms with Gasteiger partial charge in [-0.2, -0.15) is 4.31 Å². The Bertz CT molecular complexity index is 1100. The molecule has 0 radical (unpaired) electrons. The highest BCUT2D eigenvalue weighted by Gasteiger charge is 2.53. The number of nitrogens with one attached hydrogen (secondary N) is 1. The second-order valence-electron chi connectivity index (χ2n) is 10.5. The number of nitrogens with zero attached hydrogens (tertiary/aromatic N) is 3. The van der Waals surface area contributed by atoms with Crippen LogP contribution in [0.3, 0.4) is 0 Å². The Labute approximate surface area is 206 Å². The number of benzene rings is 1. The fourth-order valence-corrected chi connectivity index (χ4v) is 9.39. The van der Waals surface area contributed by atoms with Crippen molar-refractivity contribution in [3.63, 3.8) is 0 Å². The third-order valence-electron chi connectivity index (χ3n) is 7.84. The fraction of sp³-hybridized carbons (Fsp3) is 0.640. The van der Waals surface area contributed by atoms with Gasteiger partial charge in [0.05, 0.1) is 4.90 Å². The summed E-state index contributed by atoms with van der Waals surface area (Å²) in [6.07, 6.45) is 9.28. The highest BCUT2D eigenvalue weighted by atomic mass is 32.2. The van der Waals surface area contributed by atoms with Gasteiger partial charge < -0.3 is 0 Å². The minimum absolute atomic E-state index is 0.161. The van der Waals surface area contributed by atoms with Crippen LogP contribution in [-0.2, 0) is 15.4 Å². The topological polar surface area (TPSA) is 92.3 Å². The lowest BCUT2D eigenvalue weighted by molar-refractivity contribution is -0.00555. The highest BCUT2D eigenvalue weighted by Crippen LogP contribution is 2.61. The van der Waals surface area contributed by atoms with Gasteiger partial charge in [-0.15, -0.1) is 10.2 Å². The lowest BCUT2D eigenvalue weighted by Crippen LogP contribution is -2.48. The smallest absolute Gasteiger partial charge is 0.257 e. The summed E-state index contributed by atoms with van der Waals surface area (Å²) < 4.78 is 27.4. The summed E-state index contributed by atoms with van der Waals surface area (Å²) in [6, 6.07) is 6.17. The summed E-state index contributed by atoms with van der Waals surface area (Å²) in [5, 5.41) is 13.3. The van der Waals surface area contributed by atoms with E-state index in [2.05, 4.69) is 15.5 Å². The van der Waals surface area contributed by atoms with Gasteiger partial charge in [0.25, 0.3) is 5.91 Å². The van der Waals surface area contributed by atoms with Crippen molar-refractivity contribution >= 4 is 32.4 Å². The summed E-state index contributed by atoms with van der Waals surface area (Å²) in [5.74, 6) is 2.19. The Morgan fingerprint density at radius 2 is 1.56 bits per heavy atom. The summed E-state index contributed by atoms with van der Waals surface area (Å²) in [6.45, 7) is 4.91. The molecule has 184 valence electrons. The molecule has 4 aliphatic carbocycles. The van der Waals surface area contributed by atoms with Crippen LogP contribution in [0.2, 0.25) is 0 Å². The van der Waals surface area contributed by atoms with Gasteiger partial charge in [-0.25, -0.2) is 8.42 Å². The predicted octanol–water partition coefficient (Wildman–Crippen LogP) is 5.07. The third kappa shape index (κ3) is 4.42. The predicted molar refractivity (Wildman–Crippen MR) is 133 cm³/mol. The second-order valence-corrected chi connectivity index (χ2v) is 13.4. The van der Waals surface area contributed by atoms with Crippen LogP contribution in [0.1, 0.15) is 80.6 Å². The average Bonchev–Trinajstić information content (AvgIpc) is 3.27. The van der Waals surface area contributed by atoms with E-state index < -0.39 is 10.0 Å². The molecule has 4 bridgehead atoms. The van der Waals surface area contributed by atoms with Crippen LogP contribution in [0.4, 0.5) is 5.13 Å². The first-order chi connectivity index (χ1) is 16.3. The Morgan fingerprint density at radius 3 is 2.09 bits per heavy atom. The molecule has 0 aliphatic heterocycles. The van der Waals surface area contributed by atoms with Gasteiger partial charge in [0.1, 0.15) is 5.01 Å². The van der Waals surface area contributed by atoms with Crippen molar-refractivity contribution < 1.29 is 13.2 Å². The zero-order valence-corrected chi connectivity index (χ0v) is 21.6. The normalized spacial score (nSPS) is 27.9. The molecular formula is C25H34N4O3S2. The van der Waals surface area contributed by atoms with Crippen molar-refractivity contribution in [2.24, 2.45) is 17.8 Å². The zero-order valence-electron chi connectivity index (χ0n) is 20.0. The van der Waals surface area contributed by atoms with Gasteiger partial charge in [-0.1, -0.05) is 25.2 Å². The van der Waals surface area contributed by atoms with Crippen molar-refractivity contribution in [3.8, 4) is 0 Å². The third-order valence-corrected chi connectivity index (χ3v) is 10.8. The number of carbonyl (C=O) groups excluding carboxylic acids is 1. The minimum Gasteiger partial charge on any atom is -0.296 e. The largest absolute Gasteiger partial charge is 0.296 e. The number of carbonyl (C=O) groups is 1. The van der Waals surface area contributed by atoms with Gasteiger partial charge in [-0.3, -0.25) is 10.1 Å². The van der Waals surface area contributed by atoms with Gasteiger partial charge in [0.15, 0.2) is 0 Å². The van der Waals surface area contributed by atoms with E-state index in [1.807, 2.05) is 13.8 Å². The number of rotatable bonds is 9. The first-order valence-corrected chi connectivity index (χ1v) is 14.8. The van der Waals surface area contributed by atoms with Crippen LogP contribution in [0, 0.1) is 17.8 Å². The molecule has 1 aromatic carbocycles. The summed E-state index contributed by atoms with van der Waals surface area (Å²) in [4.78, 5) is 13.1. The maximum absolute atomic E-state index is 13.0. The van der Waals surface area contributed by atoms with Gasteiger partial charge in [0, 0.05) is 24.1 Å². The van der Waals surface area contributed by atoms with E-state index in [0.29, 0.717) is 23.8 Å². The van der Waals surface area contributed by atoms with Crippen molar-refractivity contribution in [1.82, 2.24) is 14.5 Å². The lowest BCUT2D eigenvalue weighted by atomic mass is 9.50. The van der Waals surface area contributed by atoms with E-state index in [1.165, 1.54) is 66.3 Å². The molecule has 0 atom stereocenters. The van der Waals surface area contributed by atoms with Gasteiger partial charge >= 0.3 is 0 Å². The zero-order chi connectivity index (χ0) is 23.9. The van der Waals surface area contributed by atoms with E-state index >= 15 is 0 Å². The second kappa shape index (κ2) is 9.32. The minimum atomic E-state index is -3.56. The van der Waals surface area contributed by atoms with Crippen molar-refractivity contribution in [3.05, 3.63) is 34.8 Å². The number of hydrogen-bond donors (Lipinski definition) is 1. The molecule has 0 saturated heterocycles. The molecule has 1 N–H and O–H groups in total. The lowest BCUT2D eigenvalue weighted by Gasteiger charge is -2.55. The van der Waals surface area contributed by atoms with Crippen LogP contribution in [0.5, 0.6) is 0 Å². The van der Waals surface area contributed by atoms with Gasteiger partial charge in [0.2, 0.25) is 15.2 Å². The molecule has 2 aromatic rings. The summed E-state index contributed by atoms with van der Waals surface area (Å²) in [7, 11) is -3.56. The molecule has 1 amide bonds. The van der Waals surface area contributed by atoms with Crippen LogP contribution in [-0.4, -0.2) is 41.9 Å². The van der Waals surface area contributed by atoms with Gasteiger partial charge in [-0.05, 0) is 93.4 Å². The molecule has 4 aliphatic rings. The van der Waals surface area contributed by atoms with Crippen LogP contribution in [0.15, 0.2) is 29.2 Å². The number of hydrogen-bond acceptors (Lipinski definition) is 6. The molecule has 9 heteroatoms. The molecule has 4 fully saturated rings. The van der Waals surface area contributed by atoms with E-state index in [1.54, 1.807) is 12.1 Å². The average molecular weight is 503 g/mol. The van der Waals surface area contributed by atoms with Crippen molar-refractivity contribution in [1.29, 1.82) is 0 Å². The van der Waals surface area contributed by atoms with E-state index in [4.69, 9.17) is 0 Å². The molecular weight excluding hydrogens is 468 g/mol. The quantitative estimate of drug-likeness (QED) is 0.517. The Balaban J connectivity index is 1.27. The molecule has 0 spiro atoms. The monoisotopic (exact) mass is 502 g/mol. The van der Waals surface area contributed by atoms with E-state index in [9.17, 15) is 13.2 Å². The maximum atomic E-state index is 13.0. The Kier molecular flexibility index (Phi) is 6.54.